The van der Waals surface area contributed by atoms with E-state index in [1.807, 2.05) is 0 Å². The number of rotatable bonds is 6. The van der Waals surface area contributed by atoms with Gasteiger partial charge in [-0.05, 0) is 13.1 Å². The van der Waals surface area contributed by atoms with E-state index in [1.165, 1.54) is 10.6 Å². The van der Waals surface area contributed by atoms with Crippen LogP contribution in [0.2, 0.25) is 0 Å². The molecule has 0 unspecified atom stereocenters. The van der Waals surface area contributed by atoms with Crippen molar-refractivity contribution in [2.75, 3.05) is 32.6 Å². The molecule has 1 aromatic heterocycles. The van der Waals surface area contributed by atoms with Gasteiger partial charge in [0.15, 0.2) is 0 Å². The zero-order valence-corrected chi connectivity index (χ0v) is 10.0. The quantitative estimate of drug-likeness (QED) is 0.712. The van der Waals surface area contributed by atoms with Crippen molar-refractivity contribution in [1.82, 2.24) is 9.88 Å². The predicted octanol–water partition coefficient (Wildman–Crippen LogP) is -0.347. The van der Waals surface area contributed by atoms with E-state index in [0.717, 1.165) is 0 Å². The van der Waals surface area contributed by atoms with Crippen molar-refractivity contribution in [3.05, 3.63) is 28.7 Å². The van der Waals surface area contributed by atoms with Crippen LogP contribution < -0.4 is 16.2 Å². The normalized spacial score (nSPS) is 10.2. The van der Waals surface area contributed by atoms with E-state index >= 15 is 0 Å². The van der Waals surface area contributed by atoms with Crippen LogP contribution >= 0.6 is 0 Å². The van der Waals surface area contributed by atoms with Crippen molar-refractivity contribution in [3.63, 3.8) is 0 Å². The highest BCUT2D eigenvalue weighted by Crippen LogP contribution is 2.02. The van der Waals surface area contributed by atoms with Crippen molar-refractivity contribution in [2.24, 2.45) is 0 Å². The van der Waals surface area contributed by atoms with Gasteiger partial charge in [-0.15, -0.1) is 0 Å². The molecule has 0 bridgehead atoms. The molecule has 94 valence electrons. The molecule has 2 N–H and O–H groups in total. The van der Waals surface area contributed by atoms with Gasteiger partial charge in [-0.1, -0.05) is 0 Å². The predicted molar refractivity (Wildman–Crippen MR) is 65.1 cm³/mol. The van der Waals surface area contributed by atoms with Crippen molar-refractivity contribution < 1.29 is 9.53 Å². The van der Waals surface area contributed by atoms with Crippen LogP contribution in [0.3, 0.4) is 0 Å². The smallest absolute Gasteiger partial charge is 0.250 e. The number of aromatic nitrogens is 1. The number of pyridine rings is 1. The highest BCUT2D eigenvalue weighted by Gasteiger charge is 2.02. The zero-order chi connectivity index (χ0) is 12.7. The highest BCUT2D eigenvalue weighted by atomic mass is 16.5. The summed E-state index contributed by atoms with van der Waals surface area (Å²) in [5.74, 6) is -0.149. The summed E-state index contributed by atoms with van der Waals surface area (Å²) in [6.07, 6.45) is 1.61. The van der Waals surface area contributed by atoms with Crippen LogP contribution in [0.15, 0.2) is 23.1 Å². The number of nitrogens with zero attached hydrogens (tertiary/aromatic N) is 1. The average Bonchev–Trinajstić information content (AvgIpc) is 2.30. The first kappa shape index (κ1) is 13.4. The molecule has 0 saturated carbocycles. The molecule has 0 spiro atoms. The Morgan fingerprint density at radius 2 is 2.24 bits per heavy atom. The second-order valence-electron chi connectivity index (χ2n) is 3.52. The molecule has 6 nitrogen and oxygen atoms in total. The Hall–Kier alpha value is -1.66. The molecule has 0 aliphatic heterocycles. The van der Waals surface area contributed by atoms with Gasteiger partial charge in [-0.3, -0.25) is 9.59 Å². The van der Waals surface area contributed by atoms with E-state index in [2.05, 4.69) is 10.6 Å². The molecule has 0 atom stereocenters. The Bertz CT molecular complexity index is 428. The summed E-state index contributed by atoms with van der Waals surface area (Å²) in [6.45, 7) is 1.15. The van der Waals surface area contributed by atoms with Gasteiger partial charge in [-0.25, -0.2) is 0 Å². The fraction of sp³-hybridized carbons (Fsp3) is 0.455. The lowest BCUT2D eigenvalue weighted by Crippen LogP contribution is -2.27. The van der Waals surface area contributed by atoms with Crippen LogP contribution in [-0.2, 0) is 16.1 Å². The Balaban J connectivity index is 2.74. The number of hydrogen-bond acceptors (Lipinski definition) is 4. The zero-order valence-electron chi connectivity index (χ0n) is 10.0. The molecule has 1 aromatic rings. The number of carbonyl (C=O) groups excluding carboxylic acids is 1. The summed E-state index contributed by atoms with van der Waals surface area (Å²) in [7, 11) is 3.27. The topological polar surface area (TPSA) is 72.4 Å². The second-order valence-corrected chi connectivity index (χ2v) is 3.52. The number of methoxy groups -OCH3 is 1. The summed E-state index contributed by atoms with van der Waals surface area (Å²) in [5, 5.41) is 5.43. The van der Waals surface area contributed by atoms with Gasteiger partial charge in [0.1, 0.15) is 0 Å². The summed E-state index contributed by atoms with van der Waals surface area (Å²) in [5.41, 5.74) is 0.481. The first-order valence-corrected chi connectivity index (χ1v) is 5.31. The van der Waals surface area contributed by atoms with Crippen LogP contribution in [0, 0.1) is 0 Å². The monoisotopic (exact) mass is 239 g/mol. The fourth-order valence-electron chi connectivity index (χ4n) is 1.34. The Morgan fingerprint density at radius 3 is 2.88 bits per heavy atom. The third kappa shape index (κ3) is 4.38. The second kappa shape index (κ2) is 6.82. The maximum absolute atomic E-state index is 11.5. The summed E-state index contributed by atoms with van der Waals surface area (Å²) in [6, 6.07) is 3.00. The number of likely N-dealkylation sites (N-methyl/N-ethyl adjacent to an activating group) is 1. The number of carbonyl (C=O) groups is 1. The molecule has 0 radical (unpaired) electrons. The number of ether oxygens (including phenoxy) is 1. The number of anilines is 1. The van der Waals surface area contributed by atoms with Crippen molar-refractivity contribution in [3.8, 4) is 0 Å². The Labute approximate surface area is 99.6 Å². The van der Waals surface area contributed by atoms with E-state index in [9.17, 15) is 9.59 Å². The van der Waals surface area contributed by atoms with E-state index in [0.29, 0.717) is 18.8 Å². The van der Waals surface area contributed by atoms with Gasteiger partial charge in [0.2, 0.25) is 5.91 Å². The van der Waals surface area contributed by atoms with Gasteiger partial charge in [0.05, 0.1) is 18.8 Å². The SMILES string of the molecule is CNCC(=O)Nc1ccc(=O)n(CCOC)c1. The maximum atomic E-state index is 11.5. The first-order chi connectivity index (χ1) is 8.17. The van der Waals surface area contributed by atoms with Crippen molar-refractivity contribution in [1.29, 1.82) is 0 Å². The van der Waals surface area contributed by atoms with Crippen LogP contribution in [0.4, 0.5) is 5.69 Å². The van der Waals surface area contributed by atoms with Crippen molar-refractivity contribution >= 4 is 11.6 Å². The number of hydrogen-bond donors (Lipinski definition) is 2. The number of nitrogens with one attached hydrogen (secondary N) is 2. The molecule has 1 rings (SSSR count). The van der Waals surface area contributed by atoms with E-state index in [4.69, 9.17) is 4.74 Å². The largest absolute Gasteiger partial charge is 0.383 e. The maximum Gasteiger partial charge on any atom is 0.250 e. The minimum Gasteiger partial charge on any atom is -0.383 e. The highest BCUT2D eigenvalue weighted by molar-refractivity contribution is 5.91. The molecule has 0 aromatic carbocycles. The fourth-order valence-corrected chi connectivity index (χ4v) is 1.34. The summed E-state index contributed by atoms with van der Waals surface area (Å²) >= 11 is 0. The lowest BCUT2D eigenvalue weighted by atomic mass is 10.4. The summed E-state index contributed by atoms with van der Waals surface area (Å²) in [4.78, 5) is 22.8. The lowest BCUT2D eigenvalue weighted by molar-refractivity contribution is -0.115. The molecule has 1 amide bonds. The van der Waals surface area contributed by atoms with Gasteiger partial charge in [0.25, 0.3) is 5.56 Å². The third-order valence-electron chi connectivity index (χ3n) is 2.14. The lowest BCUT2D eigenvalue weighted by Gasteiger charge is -2.08. The molecule has 0 aliphatic carbocycles. The minimum absolute atomic E-state index is 0.117. The third-order valence-corrected chi connectivity index (χ3v) is 2.14. The van der Waals surface area contributed by atoms with Gasteiger partial charge in [0, 0.05) is 25.9 Å². The van der Waals surface area contributed by atoms with E-state index < -0.39 is 0 Å². The van der Waals surface area contributed by atoms with Gasteiger partial charge < -0.3 is 19.9 Å². The molecule has 0 aliphatic rings. The standard InChI is InChI=1S/C11H17N3O3/c1-12-7-10(15)13-9-3-4-11(16)14(8-9)5-6-17-2/h3-4,8,12H,5-7H2,1-2H3,(H,13,15). The molecular weight excluding hydrogens is 222 g/mol. The van der Waals surface area contributed by atoms with Gasteiger partial charge in [-0.2, -0.15) is 0 Å². The molecule has 0 fully saturated rings. The average molecular weight is 239 g/mol. The minimum atomic E-state index is -0.149. The Morgan fingerprint density at radius 1 is 1.47 bits per heavy atom. The first-order valence-electron chi connectivity index (χ1n) is 5.31. The van der Waals surface area contributed by atoms with Crippen LogP contribution in [0.1, 0.15) is 0 Å². The molecule has 0 saturated heterocycles. The van der Waals surface area contributed by atoms with Gasteiger partial charge >= 0.3 is 0 Å². The van der Waals surface area contributed by atoms with Crippen LogP contribution in [-0.4, -0.2) is 37.8 Å². The molecule has 17 heavy (non-hydrogen) atoms. The Kier molecular flexibility index (Phi) is 5.38. The molecule has 6 heteroatoms. The van der Waals surface area contributed by atoms with Crippen LogP contribution in [0.25, 0.3) is 0 Å². The summed E-state index contributed by atoms with van der Waals surface area (Å²) < 4.78 is 6.40. The van der Waals surface area contributed by atoms with Crippen molar-refractivity contribution in [2.45, 2.75) is 6.54 Å². The van der Waals surface area contributed by atoms with E-state index in [-0.39, 0.29) is 18.0 Å². The molecule has 1 heterocycles. The van der Waals surface area contributed by atoms with Crippen LogP contribution in [0.5, 0.6) is 0 Å². The molecular formula is C11H17N3O3. The number of amides is 1. The van der Waals surface area contributed by atoms with E-state index in [1.54, 1.807) is 26.4 Å².